The second-order valence-corrected chi connectivity index (χ2v) is 3.84. The van der Waals surface area contributed by atoms with Crippen LogP contribution in [0.1, 0.15) is 25.3 Å². The van der Waals surface area contributed by atoms with Crippen LogP contribution in [0.4, 0.5) is 0 Å². The van der Waals surface area contributed by atoms with Gasteiger partial charge in [0.1, 0.15) is 6.33 Å². The highest BCUT2D eigenvalue weighted by Crippen LogP contribution is 2.26. The van der Waals surface area contributed by atoms with Gasteiger partial charge < -0.3 is 0 Å². The molecule has 0 unspecified atom stereocenters. The highest BCUT2D eigenvalue weighted by atomic mass is 14.8. The van der Waals surface area contributed by atoms with Gasteiger partial charge in [0, 0.05) is 11.8 Å². The molecule has 0 bridgehead atoms. The summed E-state index contributed by atoms with van der Waals surface area (Å²) in [5.41, 5.74) is 3.53. The predicted octanol–water partition coefficient (Wildman–Crippen LogP) is 3.27. The lowest BCUT2D eigenvalue weighted by Gasteiger charge is -2.11. The molecule has 1 aromatic carbocycles. The summed E-state index contributed by atoms with van der Waals surface area (Å²) >= 11 is 0. The minimum atomic E-state index is 0.510. The third-order valence-corrected chi connectivity index (χ3v) is 2.44. The first-order valence-electron chi connectivity index (χ1n) is 5.14. The molecule has 0 aliphatic carbocycles. The van der Waals surface area contributed by atoms with E-state index in [2.05, 4.69) is 42.0 Å². The van der Waals surface area contributed by atoms with E-state index in [-0.39, 0.29) is 0 Å². The summed E-state index contributed by atoms with van der Waals surface area (Å²) in [4.78, 5) is 8.22. The first-order valence-corrected chi connectivity index (χ1v) is 5.14. The van der Waals surface area contributed by atoms with Crippen molar-refractivity contribution >= 4 is 0 Å². The molecule has 0 amide bonds. The lowest BCUT2D eigenvalue weighted by atomic mass is 9.95. The second-order valence-electron chi connectivity index (χ2n) is 3.84. The van der Waals surface area contributed by atoms with E-state index < -0.39 is 0 Å². The number of rotatable bonds is 2. The van der Waals surface area contributed by atoms with E-state index in [1.54, 1.807) is 12.5 Å². The van der Waals surface area contributed by atoms with Crippen molar-refractivity contribution in [1.29, 1.82) is 0 Å². The summed E-state index contributed by atoms with van der Waals surface area (Å²) in [6.07, 6.45) is 3.37. The predicted molar refractivity (Wildman–Crippen MR) is 61.6 cm³/mol. The molecule has 2 heteroatoms. The number of aromatic nitrogens is 2. The fourth-order valence-corrected chi connectivity index (χ4v) is 1.68. The van der Waals surface area contributed by atoms with Gasteiger partial charge in [0.15, 0.2) is 0 Å². The lowest BCUT2D eigenvalue weighted by molar-refractivity contribution is 0.867. The highest BCUT2D eigenvalue weighted by Gasteiger charge is 2.07. The number of hydrogen-bond acceptors (Lipinski definition) is 2. The lowest BCUT2D eigenvalue weighted by Crippen LogP contribution is -1.93. The van der Waals surface area contributed by atoms with Gasteiger partial charge in [0.25, 0.3) is 0 Å². The second kappa shape index (κ2) is 4.22. The van der Waals surface area contributed by atoms with E-state index >= 15 is 0 Å². The Kier molecular flexibility index (Phi) is 2.77. The maximum atomic E-state index is 4.28. The van der Waals surface area contributed by atoms with Crippen LogP contribution in [0.15, 0.2) is 42.9 Å². The van der Waals surface area contributed by atoms with Crippen LogP contribution < -0.4 is 0 Å². The fraction of sp³-hybridized carbons (Fsp3) is 0.231. The number of benzene rings is 1. The molecule has 1 aromatic heterocycles. The summed E-state index contributed by atoms with van der Waals surface area (Å²) < 4.78 is 0. The normalized spacial score (nSPS) is 10.6. The maximum Gasteiger partial charge on any atom is 0.116 e. The van der Waals surface area contributed by atoms with Crippen LogP contribution in [0.3, 0.4) is 0 Å². The van der Waals surface area contributed by atoms with E-state index in [9.17, 15) is 0 Å². The zero-order valence-electron chi connectivity index (χ0n) is 9.01. The Labute approximate surface area is 90.0 Å². The van der Waals surface area contributed by atoms with Gasteiger partial charge >= 0.3 is 0 Å². The minimum Gasteiger partial charge on any atom is -0.245 e. The summed E-state index contributed by atoms with van der Waals surface area (Å²) in [7, 11) is 0. The molecule has 0 N–H and O–H groups in total. The molecule has 0 aliphatic rings. The molecular weight excluding hydrogens is 184 g/mol. The van der Waals surface area contributed by atoms with E-state index in [0.29, 0.717) is 5.92 Å². The first-order chi connectivity index (χ1) is 7.29. The van der Waals surface area contributed by atoms with Crippen LogP contribution in [-0.2, 0) is 0 Å². The standard InChI is InChI=1S/C13H14N2/c1-10(2)11-5-3-4-6-12(11)13-7-8-14-9-15-13/h3-10H,1-2H3. The highest BCUT2D eigenvalue weighted by molar-refractivity contribution is 5.63. The van der Waals surface area contributed by atoms with Crippen molar-refractivity contribution in [2.24, 2.45) is 0 Å². The van der Waals surface area contributed by atoms with Crippen molar-refractivity contribution in [3.8, 4) is 11.3 Å². The zero-order chi connectivity index (χ0) is 10.7. The van der Waals surface area contributed by atoms with E-state index in [1.807, 2.05) is 12.1 Å². The molecule has 0 saturated heterocycles. The van der Waals surface area contributed by atoms with Crippen LogP contribution in [0, 0.1) is 0 Å². The van der Waals surface area contributed by atoms with Gasteiger partial charge in [-0.2, -0.15) is 0 Å². The maximum absolute atomic E-state index is 4.28. The minimum absolute atomic E-state index is 0.510. The molecule has 76 valence electrons. The van der Waals surface area contributed by atoms with Crippen molar-refractivity contribution < 1.29 is 0 Å². The Bertz CT molecular complexity index is 435. The molecule has 0 radical (unpaired) electrons. The summed E-state index contributed by atoms with van der Waals surface area (Å²) in [6.45, 7) is 4.39. The molecule has 0 fully saturated rings. The number of hydrogen-bond donors (Lipinski definition) is 0. The molecule has 1 heterocycles. The van der Waals surface area contributed by atoms with Gasteiger partial charge in [-0.3, -0.25) is 0 Å². The molecule has 0 aliphatic heterocycles. The third kappa shape index (κ3) is 2.04. The van der Waals surface area contributed by atoms with E-state index in [0.717, 1.165) is 5.69 Å². The monoisotopic (exact) mass is 198 g/mol. The van der Waals surface area contributed by atoms with Crippen LogP contribution in [0.5, 0.6) is 0 Å². The molecule has 2 aromatic rings. The Hall–Kier alpha value is -1.70. The molecule has 0 saturated carbocycles. The Balaban J connectivity index is 2.53. The molecule has 2 rings (SSSR count). The molecule has 0 spiro atoms. The van der Waals surface area contributed by atoms with Crippen molar-refractivity contribution in [2.75, 3.05) is 0 Å². The summed E-state index contributed by atoms with van der Waals surface area (Å²) in [5, 5.41) is 0. The molecular formula is C13H14N2. The summed E-state index contributed by atoms with van der Waals surface area (Å²) in [5.74, 6) is 0.510. The quantitative estimate of drug-likeness (QED) is 0.740. The van der Waals surface area contributed by atoms with Gasteiger partial charge in [0.2, 0.25) is 0 Å². The fourth-order valence-electron chi connectivity index (χ4n) is 1.68. The average molecular weight is 198 g/mol. The van der Waals surface area contributed by atoms with Crippen LogP contribution in [0.2, 0.25) is 0 Å². The summed E-state index contributed by atoms with van der Waals surface area (Å²) in [6, 6.07) is 10.3. The van der Waals surface area contributed by atoms with Gasteiger partial charge in [-0.05, 0) is 17.5 Å². The van der Waals surface area contributed by atoms with E-state index in [1.165, 1.54) is 11.1 Å². The van der Waals surface area contributed by atoms with Gasteiger partial charge in [0.05, 0.1) is 5.69 Å². The van der Waals surface area contributed by atoms with Crippen molar-refractivity contribution in [2.45, 2.75) is 19.8 Å². The molecule has 15 heavy (non-hydrogen) atoms. The topological polar surface area (TPSA) is 25.8 Å². The SMILES string of the molecule is CC(C)c1ccccc1-c1ccncn1. The van der Waals surface area contributed by atoms with Gasteiger partial charge in [-0.25, -0.2) is 9.97 Å². The van der Waals surface area contributed by atoms with Crippen molar-refractivity contribution in [3.05, 3.63) is 48.4 Å². The largest absolute Gasteiger partial charge is 0.245 e. The van der Waals surface area contributed by atoms with Gasteiger partial charge in [-0.1, -0.05) is 38.1 Å². The van der Waals surface area contributed by atoms with Crippen molar-refractivity contribution in [1.82, 2.24) is 9.97 Å². The molecule has 2 nitrogen and oxygen atoms in total. The Morgan fingerprint density at radius 3 is 2.53 bits per heavy atom. The van der Waals surface area contributed by atoms with Gasteiger partial charge in [-0.15, -0.1) is 0 Å². The Morgan fingerprint density at radius 1 is 1.07 bits per heavy atom. The zero-order valence-corrected chi connectivity index (χ0v) is 9.01. The van der Waals surface area contributed by atoms with Crippen LogP contribution in [0.25, 0.3) is 11.3 Å². The van der Waals surface area contributed by atoms with Crippen LogP contribution in [-0.4, -0.2) is 9.97 Å². The van der Waals surface area contributed by atoms with Crippen LogP contribution >= 0.6 is 0 Å². The number of nitrogens with zero attached hydrogens (tertiary/aromatic N) is 2. The average Bonchev–Trinajstić information content (AvgIpc) is 2.30. The Morgan fingerprint density at radius 2 is 1.87 bits per heavy atom. The molecule has 0 atom stereocenters. The third-order valence-electron chi connectivity index (χ3n) is 2.44. The van der Waals surface area contributed by atoms with Crippen molar-refractivity contribution in [3.63, 3.8) is 0 Å². The first kappa shape index (κ1) is 9.84. The van der Waals surface area contributed by atoms with E-state index in [4.69, 9.17) is 0 Å². The smallest absolute Gasteiger partial charge is 0.116 e.